The van der Waals surface area contributed by atoms with Crippen molar-refractivity contribution < 1.29 is 9.84 Å². The summed E-state index contributed by atoms with van der Waals surface area (Å²) in [6.45, 7) is 7.74. The third kappa shape index (κ3) is 3.48. The Hall–Kier alpha value is -1.06. The van der Waals surface area contributed by atoms with E-state index in [2.05, 4.69) is 32.2 Å². The molecule has 0 aliphatic heterocycles. The molecule has 0 radical (unpaired) electrons. The molecule has 1 unspecified atom stereocenters. The third-order valence-corrected chi connectivity index (χ3v) is 3.86. The van der Waals surface area contributed by atoms with E-state index in [1.54, 1.807) is 0 Å². The van der Waals surface area contributed by atoms with Crippen molar-refractivity contribution in [3.05, 3.63) is 29.3 Å². The van der Waals surface area contributed by atoms with Gasteiger partial charge in [0.05, 0.1) is 12.1 Å². The summed E-state index contributed by atoms with van der Waals surface area (Å²) in [5.74, 6) is 1.44. The third-order valence-electron chi connectivity index (χ3n) is 3.86. The number of nitrogens with one attached hydrogen (secondary N) is 1. The van der Waals surface area contributed by atoms with E-state index in [4.69, 9.17) is 4.74 Å². The first-order valence-electron chi connectivity index (χ1n) is 7.16. The highest BCUT2D eigenvalue weighted by molar-refractivity contribution is 5.33. The van der Waals surface area contributed by atoms with Gasteiger partial charge in [0.2, 0.25) is 0 Å². The zero-order chi connectivity index (χ0) is 13.9. The molecule has 3 heteroatoms. The van der Waals surface area contributed by atoms with Gasteiger partial charge in [0.1, 0.15) is 12.4 Å². The van der Waals surface area contributed by atoms with Crippen LogP contribution in [0.25, 0.3) is 0 Å². The Morgan fingerprint density at radius 2 is 1.89 bits per heavy atom. The van der Waals surface area contributed by atoms with E-state index >= 15 is 0 Å². The average molecular weight is 263 g/mol. The first kappa shape index (κ1) is 14.4. The van der Waals surface area contributed by atoms with Crippen molar-refractivity contribution in [3.63, 3.8) is 0 Å². The van der Waals surface area contributed by atoms with Gasteiger partial charge in [-0.1, -0.05) is 13.0 Å². The van der Waals surface area contributed by atoms with Crippen LogP contribution in [0.4, 0.5) is 0 Å². The quantitative estimate of drug-likeness (QED) is 0.794. The molecule has 19 heavy (non-hydrogen) atoms. The lowest BCUT2D eigenvalue weighted by Crippen LogP contribution is -2.55. The van der Waals surface area contributed by atoms with E-state index in [0.29, 0.717) is 12.5 Å². The molecular weight excluding hydrogens is 238 g/mol. The average Bonchev–Trinajstić information content (AvgIpc) is 3.18. The number of aliphatic hydroxyl groups is 1. The van der Waals surface area contributed by atoms with Crippen LogP contribution in [0.1, 0.15) is 30.9 Å². The minimum Gasteiger partial charge on any atom is -0.492 e. The Balaban J connectivity index is 2.05. The Bertz CT molecular complexity index is 409. The molecule has 106 valence electrons. The van der Waals surface area contributed by atoms with Gasteiger partial charge in [-0.15, -0.1) is 0 Å². The van der Waals surface area contributed by atoms with Gasteiger partial charge in [-0.25, -0.2) is 0 Å². The van der Waals surface area contributed by atoms with Crippen molar-refractivity contribution in [1.82, 2.24) is 5.32 Å². The fraction of sp³-hybridized carbons (Fsp3) is 0.625. The molecule has 0 spiro atoms. The lowest BCUT2D eigenvalue weighted by molar-refractivity contribution is 0.0864. The van der Waals surface area contributed by atoms with Crippen molar-refractivity contribution in [3.8, 4) is 5.75 Å². The van der Waals surface area contributed by atoms with Crippen LogP contribution in [0.15, 0.2) is 18.2 Å². The minimum absolute atomic E-state index is 0.135. The Labute approximate surface area is 116 Å². The second-order valence-electron chi connectivity index (χ2n) is 5.73. The number of hydrogen-bond donors (Lipinski definition) is 2. The van der Waals surface area contributed by atoms with Crippen molar-refractivity contribution in [2.75, 3.05) is 19.8 Å². The van der Waals surface area contributed by atoms with Crippen molar-refractivity contribution in [1.29, 1.82) is 0 Å². The number of hydrogen-bond acceptors (Lipinski definition) is 3. The molecule has 0 saturated heterocycles. The summed E-state index contributed by atoms with van der Waals surface area (Å²) in [5.41, 5.74) is 2.14. The summed E-state index contributed by atoms with van der Waals surface area (Å²) in [7, 11) is 0. The number of likely N-dealkylation sites (N-methyl/N-ethyl adjacent to an activating group) is 1. The summed E-state index contributed by atoms with van der Waals surface area (Å²) in [4.78, 5) is 0. The summed E-state index contributed by atoms with van der Waals surface area (Å²) in [6.07, 6.45) is 2.37. The number of ether oxygens (including phenoxy) is 1. The highest BCUT2D eigenvalue weighted by Gasteiger charge is 2.45. The Morgan fingerprint density at radius 3 is 2.37 bits per heavy atom. The fourth-order valence-corrected chi connectivity index (χ4v) is 2.76. The predicted octanol–water partition coefficient (Wildman–Crippen LogP) is 2.43. The smallest absolute Gasteiger partial charge is 0.119 e. The molecule has 1 aromatic carbocycles. The van der Waals surface area contributed by atoms with E-state index in [-0.39, 0.29) is 12.1 Å². The van der Waals surface area contributed by atoms with Gasteiger partial charge < -0.3 is 15.2 Å². The Morgan fingerprint density at radius 1 is 1.26 bits per heavy atom. The number of rotatable bonds is 7. The first-order valence-corrected chi connectivity index (χ1v) is 7.16. The molecule has 1 atom stereocenters. The van der Waals surface area contributed by atoms with Crippen LogP contribution in [0.5, 0.6) is 5.75 Å². The van der Waals surface area contributed by atoms with Gasteiger partial charge in [0.15, 0.2) is 0 Å². The predicted molar refractivity (Wildman–Crippen MR) is 77.6 cm³/mol. The summed E-state index contributed by atoms with van der Waals surface area (Å²) in [6, 6.07) is 6.24. The maximum atomic E-state index is 9.76. The van der Waals surface area contributed by atoms with Gasteiger partial charge in [-0.3, -0.25) is 0 Å². The monoisotopic (exact) mass is 263 g/mol. The van der Waals surface area contributed by atoms with E-state index in [0.717, 1.165) is 12.3 Å². The van der Waals surface area contributed by atoms with Gasteiger partial charge in [-0.2, -0.15) is 0 Å². The summed E-state index contributed by atoms with van der Waals surface area (Å²) < 4.78 is 5.96. The van der Waals surface area contributed by atoms with E-state index in [1.165, 1.54) is 24.0 Å². The fourth-order valence-electron chi connectivity index (χ4n) is 2.76. The van der Waals surface area contributed by atoms with Crippen LogP contribution in [0, 0.1) is 19.8 Å². The van der Waals surface area contributed by atoms with E-state index in [9.17, 15) is 5.11 Å². The molecule has 2 N–H and O–H groups in total. The van der Waals surface area contributed by atoms with Gasteiger partial charge in [-0.05, 0) is 62.4 Å². The first-order chi connectivity index (χ1) is 9.09. The topological polar surface area (TPSA) is 41.5 Å². The molecule has 1 aliphatic rings. The molecule has 0 heterocycles. The Kier molecular flexibility index (Phi) is 4.48. The van der Waals surface area contributed by atoms with Crippen LogP contribution < -0.4 is 10.1 Å². The molecule has 0 amide bonds. The van der Waals surface area contributed by atoms with Crippen LogP contribution in [-0.2, 0) is 0 Å². The largest absolute Gasteiger partial charge is 0.492 e. The molecule has 1 fully saturated rings. The number of aryl methyl sites for hydroxylation is 2. The maximum Gasteiger partial charge on any atom is 0.119 e. The summed E-state index contributed by atoms with van der Waals surface area (Å²) in [5, 5.41) is 13.2. The highest BCUT2D eigenvalue weighted by atomic mass is 16.5. The van der Waals surface area contributed by atoms with Crippen molar-refractivity contribution >= 4 is 0 Å². The molecule has 1 aromatic rings. The van der Waals surface area contributed by atoms with Crippen LogP contribution in [0.3, 0.4) is 0 Å². The molecule has 1 saturated carbocycles. The molecule has 1 aliphatic carbocycles. The van der Waals surface area contributed by atoms with E-state index < -0.39 is 0 Å². The van der Waals surface area contributed by atoms with Crippen LogP contribution >= 0.6 is 0 Å². The molecule has 2 rings (SSSR count). The molecular formula is C16H25NO2. The molecule has 0 bridgehead atoms. The van der Waals surface area contributed by atoms with Crippen molar-refractivity contribution in [2.24, 2.45) is 5.92 Å². The number of benzene rings is 1. The highest BCUT2D eigenvalue weighted by Crippen LogP contribution is 2.40. The van der Waals surface area contributed by atoms with E-state index in [1.807, 2.05) is 12.1 Å². The zero-order valence-corrected chi connectivity index (χ0v) is 12.2. The second kappa shape index (κ2) is 5.93. The summed E-state index contributed by atoms with van der Waals surface area (Å²) >= 11 is 0. The standard InChI is InChI=1S/C16H25NO2/c1-4-17-16(10-18,14-5-6-14)11-19-15-8-12(2)7-13(3)9-15/h7-9,14,17-18H,4-6,10-11H2,1-3H3. The minimum atomic E-state index is -0.271. The van der Waals surface area contributed by atoms with Gasteiger partial charge in [0.25, 0.3) is 0 Å². The molecule has 0 aromatic heterocycles. The van der Waals surface area contributed by atoms with Crippen LogP contribution in [0.2, 0.25) is 0 Å². The zero-order valence-electron chi connectivity index (χ0n) is 12.2. The molecule has 3 nitrogen and oxygen atoms in total. The SMILES string of the molecule is CCNC(CO)(COc1cc(C)cc(C)c1)C1CC1. The second-order valence-corrected chi connectivity index (χ2v) is 5.73. The van der Waals surface area contributed by atoms with Crippen molar-refractivity contribution in [2.45, 2.75) is 39.2 Å². The maximum absolute atomic E-state index is 9.76. The van der Waals surface area contributed by atoms with Gasteiger partial charge >= 0.3 is 0 Å². The number of aliphatic hydroxyl groups excluding tert-OH is 1. The lowest BCUT2D eigenvalue weighted by Gasteiger charge is -2.33. The van der Waals surface area contributed by atoms with Gasteiger partial charge in [0, 0.05) is 0 Å². The normalized spacial score (nSPS) is 18.1. The van der Waals surface area contributed by atoms with Crippen LogP contribution in [-0.4, -0.2) is 30.4 Å². The lowest BCUT2D eigenvalue weighted by atomic mass is 9.95.